The second-order valence-corrected chi connectivity index (χ2v) is 5.20. The van der Waals surface area contributed by atoms with Gasteiger partial charge in [-0.05, 0) is 30.5 Å². The van der Waals surface area contributed by atoms with Crippen LogP contribution in [0.3, 0.4) is 0 Å². The first-order valence-electron chi connectivity index (χ1n) is 7.80. The summed E-state index contributed by atoms with van der Waals surface area (Å²) in [6.07, 6.45) is 3.65. The number of hydrogen-bond acceptors (Lipinski definition) is 4. The molecule has 1 heterocycles. The summed E-state index contributed by atoms with van der Waals surface area (Å²) in [5.41, 5.74) is 1.89. The average molecular weight is 313 g/mol. The van der Waals surface area contributed by atoms with Crippen molar-refractivity contribution in [2.45, 2.75) is 12.8 Å². The van der Waals surface area contributed by atoms with Crippen LogP contribution in [0.5, 0.6) is 0 Å². The van der Waals surface area contributed by atoms with Gasteiger partial charge >= 0.3 is 0 Å². The predicted molar refractivity (Wildman–Crippen MR) is 91.7 cm³/mol. The van der Waals surface area contributed by atoms with Crippen molar-refractivity contribution in [1.82, 2.24) is 10.3 Å². The van der Waals surface area contributed by atoms with Crippen LogP contribution in [-0.4, -0.2) is 37.7 Å². The van der Waals surface area contributed by atoms with Crippen LogP contribution in [0.25, 0.3) is 0 Å². The molecule has 23 heavy (non-hydrogen) atoms. The summed E-state index contributed by atoms with van der Waals surface area (Å²) in [5.74, 6) is 0.650. The van der Waals surface area contributed by atoms with E-state index in [0.717, 1.165) is 25.2 Å². The zero-order valence-corrected chi connectivity index (χ0v) is 13.4. The van der Waals surface area contributed by atoms with E-state index in [1.807, 2.05) is 12.1 Å². The van der Waals surface area contributed by atoms with Crippen molar-refractivity contribution >= 4 is 11.7 Å². The standard InChI is InChI=1S/C18H23N3O2/c1-23-13-12-20-18(22)16-9-10-17(21-14-16)19-11-5-8-15-6-3-2-4-7-15/h2-4,6-7,9-10,14H,5,8,11-13H2,1H3,(H,19,21)(H,20,22). The van der Waals surface area contributed by atoms with Crippen molar-refractivity contribution in [3.8, 4) is 0 Å². The summed E-state index contributed by atoms with van der Waals surface area (Å²) in [6.45, 7) is 1.84. The van der Waals surface area contributed by atoms with Crippen LogP contribution in [0.2, 0.25) is 0 Å². The third kappa shape index (κ3) is 6.08. The minimum atomic E-state index is -0.134. The summed E-state index contributed by atoms with van der Waals surface area (Å²) in [4.78, 5) is 16.1. The molecule has 0 fully saturated rings. The molecule has 5 nitrogen and oxygen atoms in total. The molecule has 122 valence electrons. The summed E-state index contributed by atoms with van der Waals surface area (Å²) in [7, 11) is 1.60. The van der Waals surface area contributed by atoms with Crippen molar-refractivity contribution in [3.05, 3.63) is 59.8 Å². The number of pyridine rings is 1. The molecule has 5 heteroatoms. The van der Waals surface area contributed by atoms with Gasteiger partial charge in [0, 0.05) is 26.4 Å². The predicted octanol–water partition coefficient (Wildman–Crippen LogP) is 2.50. The Labute approximate surface area is 137 Å². The number of carbonyl (C=O) groups is 1. The number of nitrogens with zero attached hydrogens (tertiary/aromatic N) is 1. The van der Waals surface area contributed by atoms with Crippen LogP contribution >= 0.6 is 0 Å². The van der Waals surface area contributed by atoms with Crippen molar-refractivity contribution < 1.29 is 9.53 Å². The topological polar surface area (TPSA) is 63.2 Å². The van der Waals surface area contributed by atoms with E-state index in [4.69, 9.17) is 4.74 Å². The molecule has 0 saturated heterocycles. The molecule has 1 aromatic carbocycles. The van der Waals surface area contributed by atoms with Crippen LogP contribution in [0, 0.1) is 0 Å². The fourth-order valence-corrected chi connectivity index (χ4v) is 2.16. The summed E-state index contributed by atoms with van der Waals surface area (Å²) in [5, 5.41) is 6.04. The molecule has 0 aliphatic heterocycles. The van der Waals surface area contributed by atoms with Crippen molar-refractivity contribution in [2.75, 3.05) is 32.1 Å². The molecule has 1 aromatic heterocycles. The maximum atomic E-state index is 11.8. The minimum Gasteiger partial charge on any atom is -0.383 e. The van der Waals surface area contributed by atoms with Gasteiger partial charge in [-0.2, -0.15) is 0 Å². The van der Waals surface area contributed by atoms with Gasteiger partial charge in [-0.15, -0.1) is 0 Å². The van der Waals surface area contributed by atoms with E-state index in [1.165, 1.54) is 5.56 Å². The first kappa shape index (κ1) is 17.0. The second kappa shape index (κ2) is 9.58. The maximum Gasteiger partial charge on any atom is 0.252 e. The van der Waals surface area contributed by atoms with Gasteiger partial charge in [0.2, 0.25) is 0 Å². The number of rotatable bonds is 9. The lowest BCUT2D eigenvalue weighted by atomic mass is 10.1. The molecule has 0 unspecified atom stereocenters. The van der Waals surface area contributed by atoms with Crippen LogP contribution < -0.4 is 10.6 Å². The molecule has 2 N–H and O–H groups in total. The zero-order valence-electron chi connectivity index (χ0n) is 13.4. The van der Waals surface area contributed by atoms with Gasteiger partial charge in [0.05, 0.1) is 12.2 Å². The summed E-state index contributed by atoms with van der Waals surface area (Å²) < 4.78 is 4.89. The van der Waals surface area contributed by atoms with E-state index < -0.39 is 0 Å². The van der Waals surface area contributed by atoms with Crippen molar-refractivity contribution in [1.29, 1.82) is 0 Å². The lowest BCUT2D eigenvalue weighted by Gasteiger charge is -2.07. The third-order valence-electron chi connectivity index (χ3n) is 3.41. The Morgan fingerprint density at radius 2 is 1.96 bits per heavy atom. The van der Waals surface area contributed by atoms with E-state index >= 15 is 0 Å². The molecule has 0 aliphatic carbocycles. The Balaban J connectivity index is 1.71. The fraction of sp³-hybridized carbons (Fsp3) is 0.333. The Hall–Kier alpha value is -2.40. The first-order valence-corrected chi connectivity index (χ1v) is 7.80. The molecule has 0 aliphatic rings. The molecular weight excluding hydrogens is 290 g/mol. The normalized spacial score (nSPS) is 10.3. The number of aromatic nitrogens is 1. The average Bonchev–Trinajstić information content (AvgIpc) is 2.60. The number of aryl methyl sites for hydroxylation is 1. The number of hydrogen-bond donors (Lipinski definition) is 2. The summed E-state index contributed by atoms with van der Waals surface area (Å²) >= 11 is 0. The molecule has 2 rings (SSSR count). The van der Waals surface area contributed by atoms with E-state index in [0.29, 0.717) is 18.7 Å². The van der Waals surface area contributed by atoms with E-state index in [9.17, 15) is 4.79 Å². The van der Waals surface area contributed by atoms with Gasteiger partial charge in [-0.3, -0.25) is 4.79 Å². The number of ether oxygens (including phenoxy) is 1. The van der Waals surface area contributed by atoms with Crippen LogP contribution in [0.15, 0.2) is 48.7 Å². The summed E-state index contributed by atoms with van der Waals surface area (Å²) in [6, 6.07) is 14.0. The largest absolute Gasteiger partial charge is 0.383 e. The van der Waals surface area contributed by atoms with Crippen LogP contribution in [-0.2, 0) is 11.2 Å². The highest BCUT2D eigenvalue weighted by Crippen LogP contribution is 2.07. The molecule has 0 spiro atoms. The molecule has 0 saturated carbocycles. The van der Waals surface area contributed by atoms with Crippen molar-refractivity contribution in [2.24, 2.45) is 0 Å². The molecular formula is C18H23N3O2. The van der Waals surface area contributed by atoms with E-state index in [-0.39, 0.29) is 5.91 Å². The van der Waals surface area contributed by atoms with E-state index in [2.05, 4.69) is 39.9 Å². The highest BCUT2D eigenvalue weighted by Gasteiger charge is 2.05. The quantitative estimate of drug-likeness (QED) is 0.698. The Bertz CT molecular complexity index is 585. The molecule has 0 atom stereocenters. The minimum absolute atomic E-state index is 0.134. The van der Waals surface area contributed by atoms with Crippen LogP contribution in [0.1, 0.15) is 22.3 Å². The van der Waals surface area contributed by atoms with Crippen LogP contribution in [0.4, 0.5) is 5.82 Å². The third-order valence-corrected chi connectivity index (χ3v) is 3.41. The molecule has 0 radical (unpaired) electrons. The second-order valence-electron chi connectivity index (χ2n) is 5.20. The van der Waals surface area contributed by atoms with Gasteiger partial charge in [0.25, 0.3) is 5.91 Å². The Morgan fingerprint density at radius 3 is 2.65 bits per heavy atom. The zero-order chi connectivity index (χ0) is 16.3. The smallest absolute Gasteiger partial charge is 0.252 e. The number of anilines is 1. The highest BCUT2D eigenvalue weighted by molar-refractivity contribution is 5.94. The van der Waals surface area contributed by atoms with Gasteiger partial charge in [0.15, 0.2) is 0 Å². The molecule has 0 bridgehead atoms. The van der Waals surface area contributed by atoms with Gasteiger partial charge < -0.3 is 15.4 Å². The number of nitrogens with one attached hydrogen (secondary N) is 2. The Morgan fingerprint density at radius 1 is 1.13 bits per heavy atom. The number of carbonyl (C=O) groups excluding carboxylic acids is 1. The Kier molecular flexibility index (Phi) is 7.07. The van der Waals surface area contributed by atoms with Gasteiger partial charge in [-0.1, -0.05) is 30.3 Å². The van der Waals surface area contributed by atoms with Crippen molar-refractivity contribution in [3.63, 3.8) is 0 Å². The number of amides is 1. The number of methoxy groups -OCH3 is 1. The molecule has 1 amide bonds. The van der Waals surface area contributed by atoms with Gasteiger partial charge in [-0.25, -0.2) is 4.98 Å². The molecule has 2 aromatic rings. The lowest BCUT2D eigenvalue weighted by molar-refractivity contribution is 0.0937. The first-order chi connectivity index (χ1) is 11.3. The van der Waals surface area contributed by atoms with Gasteiger partial charge in [0.1, 0.15) is 5.82 Å². The maximum absolute atomic E-state index is 11.8. The highest BCUT2D eigenvalue weighted by atomic mass is 16.5. The number of benzene rings is 1. The monoisotopic (exact) mass is 313 g/mol. The lowest BCUT2D eigenvalue weighted by Crippen LogP contribution is -2.27. The SMILES string of the molecule is COCCNC(=O)c1ccc(NCCCc2ccccc2)nc1. The fourth-order valence-electron chi connectivity index (χ4n) is 2.16. The van der Waals surface area contributed by atoms with E-state index in [1.54, 1.807) is 19.4 Å².